The number of rotatable bonds is 10. The standard InChI is InChI=1S/C34H40N6O5/c1-6-31(42)40-12-11-39(18-22(40)4)19-30(28-10-9-24(16-36-28)23-7-8-23)45-29-14-20(2)26(15-27(29)33(43)35-5)34(44)38-32-21(3)13-25(41)17-37-32/h6,9-10,13-17,22-23,30,41H,1,7-8,11-12,18-19H2,2-5H3,(H,35,43)(H,37,38,44)/t22-,30-/m1/s1. The third-order valence-electron chi connectivity index (χ3n) is 8.39. The lowest BCUT2D eigenvalue weighted by Gasteiger charge is -2.40. The molecule has 3 amide bonds. The monoisotopic (exact) mass is 612 g/mol. The summed E-state index contributed by atoms with van der Waals surface area (Å²) in [5.41, 5.74) is 3.63. The summed E-state index contributed by atoms with van der Waals surface area (Å²) in [5, 5.41) is 15.1. The lowest BCUT2D eigenvalue weighted by atomic mass is 10.0. The molecule has 0 bridgehead atoms. The van der Waals surface area contributed by atoms with Crippen LogP contribution in [0.3, 0.4) is 0 Å². The second-order valence-electron chi connectivity index (χ2n) is 11.8. The summed E-state index contributed by atoms with van der Waals surface area (Å²) >= 11 is 0. The molecule has 2 atom stereocenters. The van der Waals surface area contributed by atoms with Gasteiger partial charge in [-0.1, -0.05) is 12.6 Å². The van der Waals surface area contributed by atoms with Gasteiger partial charge < -0.3 is 25.4 Å². The number of piperazine rings is 1. The molecule has 1 saturated heterocycles. The van der Waals surface area contributed by atoms with Gasteiger partial charge in [0.15, 0.2) is 6.10 Å². The molecule has 45 heavy (non-hydrogen) atoms. The minimum absolute atomic E-state index is 0.00195. The fourth-order valence-electron chi connectivity index (χ4n) is 5.69. The van der Waals surface area contributed by atoms with Gasteiger partial charge in [-0.05, 0) is 86.6 Å². The van der Waals surface area contributed by atoms with Gasteiger partial charge in [-0.25, -0.2) is 4.98 Å². The molecule has 2 aromatic heterocycles. The normalized spacial score (nSPS) is 17.3. The van der Waals surface area contributed by atoms with Gasteiger partial charge in [0.2, 0.25) is 5.91 Å². The van der Waals surface area contributed by atoms with Crippen molar-refractivity contribution in [2.24, 2.45) is 0 Å². The van der Waals surface area contributed by atoms with Crippen LogP contribution in [0.4, 0.5) is 5.82 Å². The number of carbonyl (C=O) groups is 3. The Hall–Kier alpha value is -4.77. The lowest BCUT2D eigenvalue weighted by molar-refractivity contribution is -0.130. The zero-order chi connectivity index (χ0) is 32.2. The molecule has 11 nitrogen and oxygen atoms in total. The molecule has 3 heterocycles. The molecule has 236 valence electrons. The van der Waals surface area contributed by atoms with Crippen LogP contribution in [0.2, 0.25) is 0 Å². The van der Waals surface area contributed by atoms with E-state index < -0.39 is 17.9 Å². The van der Waals surface area contributed by atoms with Crippen molar-refractivity contribution in [1.82, 2.24) is 25.1 Å². The van der Waals surface area contributed by atoms with Crippen LogP contribution < -0.4 is 15.4 Å². The molecular formula is C34H40N6O5. The van der Waals surface area contributed by atoms with E-state index in [-0.39, 0.29) is 28.8 Å². The zero-order valence-electron chi connectivity index (χ0n) is 26.2. The van der Waals surface area contributed by atoms with Crippen LogP contribution in [0.1, 0.15) is 74.9 Å². The summed E-state index contributed by atoms with van der Waals surface area (Å²) in [6, 6.07) is 8.80. The van der Waals surface area contributed by atoms with Gasteiger partial charge in [0, 0.05) is 51.0 Å². The second kappa shape index (κ2) is 13.5. The topological polar surface area (TPSA) is 137 Å². The molecule has 1 aromatic carbocycles. The molecule has 3 aromatic rings. The number of hydrogen-bond donors (Lipinski definition) is 3. The molecule has 1 saturated carbocycles. The fraction of sp³-hybridized carbons (Fsp3) is 0.382. The van der Waals surface area contributed by atoms with E-state index in [0.29, 0.717) is 54.8 Å². The molecule has 0 spiro atoms. The Kier molecular flexibility index (Phi) is 9.48. The first-order valence-corrected chi connectivity index (χ1v) is 15.2. The highest BCUT2D eigenvalue weighted by atomic mass is 16.5. The van der Waals surface area contributed by atoms with Crippen molar-refractivity contribution in [1.29, 1.82) is 0 Å². The summed E-state index contributed by atoms with van der Waals surface area (Å²) in [7, 11) is 1.52. The van der Waals surface area contributed by atoms with Gasteiger partial charge in [-0.2, -0.15) is 0 Å². The summed E-state index contributed by atoms with van der Waals surface area (Å²) in [6.07, 6.45) is 6.32. The van der Waals surface area contributed by atoms with Gasteiger partial charge in [0.25, 0.3) is 11.8 Å². The fourth-order valence-corrected chi connectivity index (χ4v) is 5.69. The van der Waals surface area contributed by atoms with E-state index in [4.69, 9.17) is 9.72 Å². The average molecular weight is 613 g/mol. The summed E-state index contributed by atoms with van der Waals surface area (Å²) in [4.78, 5) is 51.7. The zero-order valence-corrected chi connectivity index (χ0v) is 26.2. The number of pyridine rings is 2. The van der Waals surface area contributed by atoms with Crippen molar-refractivity contribution in [2.75, 3.05) is 38.5 Å². The Balaban J connectivity index is 1.44. The lowest BCUT2D eigenvalue weighted by Crippen LogP contribution is -2.54. The van der Waals surface area contributed by atoms with Crippen molar-refractivity contribution < 1.29 is 24.2 Å². The Morgan fingerprint density at radius 3 is 2.47 bits per heavy atom. The van der Waals surface area contributed by atoms with Crippen LogP contribution in [0.15, 0.2) is 55.4 Å². The van der Waals surface area contributed by atoms with Gasteiger partial charge in [0.05, 0.1) is 17.5 Å². The SMILES string of the molecule is C=CC(=O)N1CCN(C[C@@H](Oc2cc(C)c(C(=O)Nc3ncc(O)cc3C)cc2C(=O)NC)c2ccc(C3CC3)cn2)C[C@H]1C. The van der Waals surface area contributed by atoms with Crippen LogP contribution in [-0.4, -0.2) is 81.9 Å². The number of nitrogens with one attached hydrogen (secondary N) is 2. The van der Waals surface area contributed by atoms with Crippen LogP contribution in [0, 0.1) is 13.8 Å². The molecule has 0 radical (unpaired) electrons. The van der Waals surface area contributed by atoms with Crippen molar-refractivity contribution in [3.05, 3.63) is 88.9 Å². The molecule has 3 N–H and O–H groups in total. The largest absolute Gasteiger partial charge is 0.506 e. The van der Waals surface area contributed by atoms with E-state index >= 15 is 0 Å². The number of anilines is 1. The molecule has 1 aliphatic heterocycles. The highest BCUT2D eigenvalue weighted by Gasteiger charge is 2.31. The van der Waals surface area contributed by atoms with E-state index in [9.17, 15) is 19.5 Å². The first kappa shape index (κ1) is 31.6. The Morgan fingerprint density at radius 1 is 1.07 bits per heavy atom. The molecule has 2 fully saturated rings. The number of nitrogens with zero attached hydrogens (tertiary/aromatic N) is 4. The molecule has 0 unspecified atom stereocenters. The minimum Gasteiger partial charge on any atom is -0.506 e. The molecule has 2 aliphatic rings. The van der Waals surface area contributed by atoms with E-state index in [1.165, 1.54) is 49.9 Å². The third-order valence-corrected chi connectivity index (χ3v) is 8.39. The number of aromatic nitrogens is 2. The van der Waals surface area contributed by atoms with Crippen LogP contribution in [0.25, 0.3) is 0 Å². The van der Waals surface area contributed by atoms with E-state index in [1.54, 1.807) is 19.9 Å². The maximum atomic E-state index is 13.3. The summed E-state index contributed by atoms with van der Waals surface area (Å²) in [5.74, 6) is 0.262. The van der Waals surface area contributed by atoms with E-state index in [2.05, 4.69) is 33.2 Å². The number of ether oxygens (including phenoxy) is 1. The summed E-state index contributed by atoms with van der Waals surface area (Å²) < 4.78 is 6.64. The van der Waals surface area contributed by atoms with Gasteiger partial charge in [-0.15, -0.1) is 0 Å². The maximum Gasteiger partial charge on any atom is 0.257 e. The van der Waals surface area contributed by atoms with Crippen LogP contribution >= 0.6 is 0 Å². The second-order valence-corrected chi connectivity index (χ2v) is 11.8. The number of aryl methyl sites for hydroxylation is 2. The average Bonchev–Trinajstić information content (AvgIpc) is 3.87. The Morgan fingerprint density at radius 2 is 1.84 bits per heavy atom. The third kappa shape index (κ3) is 7.31. The Bertz CT molecular complexity index is 1600. The van der Waals surface area contributed by atoms with Gasteiger partial charge in [0.1, 0.15) is 17.3 Å². The Labute approximate surface area is 263 Å². The highest BCUT2D eigenvalue weighted by molar-refractivity contribution is 6.07. The smallest absolute Gasteiger partial charge is 0.257 e. The first-order chi connectivity index (χ1) is 21.6. The van der Waals surface area contributed by atoms with Gasteiger partial charge >= 0.3 is 0 Å². The maximum absolute atomic E-state index is 13.3. The number of aromatic hydroxyl groups is 1. The molecule has 5 rings (SSSR count). The number of hydrogen-bond acceptors (Lipinski definition) is 8. The van der Waals surface area contributed by atoms with Crippen molar-refractivity contribution in [3.8, 4) is 11.5 Å². The molecular weight excluding hydrogens is 572 g/mol. The van der Waals surface area contributed by atoms with Crippen molar-refractivity contribution in [3.63, 3.8) is 0 Å². The number of benzene rings is 1. The molecule has 1 aliphatic carbocycles. The first-order valence-electron chi connectivity index (χ1n) is 15.2. The number of amides is 3. The predicted octanol–water partition coefficient (Wildman–Crippen LogP) is 4.13. The molecule has 11 heteroatoms. The number of carbonyl (C=O) groups excluding carboxylic acids is 3. The van der Waals surface area contributed by atoms with Crippen molar-refractivity contribution >= 4 is 23.5 Å². The minimum atomic E-state index is -0.529. The van der Waals surface area contributed by atoms with E-state index in [0.717, 1.165) is 5.69 Å². The quantitative estimate of drug-likeness (QED) is 0.291. The summed E-state index contributed by atoms with van der Waals surface area (Å²) in [6.45, 7) is 11.5. The van der Waals surface area contributed by atoms with E-state index in [1.807, 2.05) is 24.1 Å². The van der Waals surface area contributed by atoms with Crippen molar-refractivity contribution in [2.45, 2.75) is 51.7 Å². The van der Waals surface area contributed by atoms with Crippen LogP contribution in [-0.2, 0) is 4.79 Å². The predicted molar refractivity (Wildman–Crippen MR) is 171 cm³/mol. The van der Waals surface area contributed by atoms with Crippen LogP contribution in [0.5, 0.6) is 11.5 Å². The van der Waals surface area contributed by atoms with Gasteiger partial charge in [-0.3, -0.25) is 24.3 Å². The highest BCUT2D eigenvalue weighted by Crippen LogP contribution is 2.40.